The van der Waals surface area contributed by atoms with Crippen LogP contribution in [0.25, 0.3) is 0 Å². The van der Waals surface area contributed by atoms with Crippen molar-refractivity contribution in [3.05, 3.63) is 29.8 Å². The molecule has 21 heavy (non-hydrogen) atoms. The fraction of sp³-hybridized carbons (Fsp3) is 0.429. The number of nitrogens with one attached hydrogen (secondary N) is 1. The summed E-state index contributed by atoms with van der Waals surface area (Å²) in [6, 6.07) is 3.35. The highest BCUT2D eigenvalue weighted by atomic mass is 19.2. The molecule has 2 amide bonds. The van der Waals surface area contributed by atoms with Gasteiger partial charge in [0.05, 0.1) is 5.69 Å². The number of halogens is 2. The van der Waals surface area contributed by atoms with Gasteiger partial charge >= 0.3 is 11.8 Å². The molecule has 114 valence electrons. The van der Waals surface area contributed by atoms with Crippen molar-refractivity contribution in [3.8, 4) is 0 Å². The minimum absolute atomic E-state index is 0.0583. The molecule has 0 bridgehead atoms. The van der Waals surface area contributed by atoms with E-state index in [-0.39, 0.29) is 18.2 Å². The Morgan fingerprint density at radius 2 is 1.95 bits per heavy atom. The van der Waals surface area contributed by atoms with Gasteiger partial charge in [-0.15, -0.1) is 0 Å². The lowest BCUT2D eigenvalue weighted by Crippen LogP contribution is -2.44. The summed E-state index contributed by atoms with van der Waals surface area (Å²) in [4.78, 5) is 25.1. The number of hydrogen-bond donors (Lipinski definition) is 2. The molecule has 2 rings (SSSR count). The number of aliphatic hydroxyl groups excluding tert-OH is 1. The van der Waals surface area contributed by atoms with Crippen molar-refractivity contribution in [2.24, 2.45) is 5.92 Å². The number of carbonyl (C=O) groups is 2. The smallest absolute Gasteiger partial charge is 0.313 e. The average molecular weight is 298 g/mol. The Bertz CT molecular complexity index is 543. The normalized spacial score (nSPS) is 15.9. The second-order valence-corrected chi connectivity index (χ2v) is 4.97. The van der Waals surface area contributed by atoms with Crippen molar-refractivity contribution in [3.63, 3.8) is 0 Å². The van der Waals surface area contributed by atoms with Crippen molar-refractivity contribution in [2.45, 2.75) is 12.8 Å². The Balaban J connectivity index is 1.97. The van der Waals surface area contributed by atoms with Gasteiger partial charge in [0, 0.05) is 19.7 Å². The molecule has 0 saturated carbocycles. The van der Waals surface area contributed by atoms with Gasteiger partial charge in [0.1, 0.15) is 0 Å². The van der Waals surface area contributed by atoms with Gasteiger partial charge < -0.3 is 15.3 Å². The zero-order valence-corrected chi connectivity index (χ0v) is 11.3. The van der Waals surface area contributed by atoms with E-state index >= 15 is 0 Å². The van der Waals surface area contributed by atoms with E-state index in [0.29, 0.717) is 25.9 Å². The first-order chi connectivity index (χ1) is 10.0. The topological polar surface area (TPSA) is 69.6 Å². The monoisotopic (exact) mass is 298 g/mol. The minimum atomic E-state index is -1.20. The number of rotatable bonds is 2. The first-order valence-electron chi connectivity index (χ1n) is 6.68. The Morgan fingerprint density at radius 3 is 2.57 bits per heavy atom. The Kier molecular flexibility index (Phi) is 4.85. The maximum absolute atomic E-state index is 13.4. The summed E-state index contributed by atoms with van der Waals surface area (Å²) in [5.74, 6) is -3.93. The highest BCUT2D eigenvalue weighted by Gasteiger charge is 2.27. The van der Waals surface area contributed by atoms with Crippen LogP contribution >= 0.6 is 0 Å². The molecule has 0 atom stereocenters. The van der Waals surface area contributed by atoms with Gasteiger partial charge in [0.2, 0.25) is 0 Å². The number of anilines is 1. The molecule has 0 spiro atoms. The van der Waals surface area contributed by atoms with Gasteiger partial charge in [0.15, 0.2) is 11.6 Å². The lowest BCUT2D eigenvalue weighted by molar-refractivity contribution is -0.144. The van der Waals surface area contributed by atoms with E-state index in [4.69, 9.17) is 5.11 Å². The second kappa shape index (κ2) is 6.62. The molecule has 0 radical (unpaired) electrons. The molecule has 1 heterocycles. The van der Waals surface area contributed by atoms with Crippen LogP contribution in [0.1, 0.15) is 12.8 Å². The van der Waals surface area contributed by atoms with Crippen LogP contribution in [0.5, 0.6) is 0 Å². The molecular formula is C14H16F2N2O3. The Morgan fingerprint density at radius 1 is 1.29 bits per heavy atom. The Labute approximate surface area is 120 Å². The van der Waals surface area contributed by atoms with E-state index in [1.54, 1.807) is 0 Å². The lowest BCUT2D eigenvalue weighted by Gasteiger charge is -2.30. The molecule has 2 N–H and O–H groups in total. The third-order valence-corrected chi connectivity index (χ3v) is 3.55. The van der Waals surface area contributed by atoms with E-state index in [9.17, 15) is 18.4 Å². The fourth-order valence-corrected chi connectivity index (χ4v) is 2.24. The number of amides is 2. The van der Waals surface area contributed by atoms with Crippen LogP contribution in [0.2, 0.25) is 0 Å². The predicted molar refractivity (Wildman–Crippen MR) is 71.4 cm³/mol. The van der Waals surface area contributed by atoms with Crippen LogP contribution in [0.15, 0.2) is 18.2 Å². The number of nitrogens with zero attached hydrogens (tertiary/aromatic N) is 1. The summed E-state index contributed by atoms with van der Waals surface area (Å²) in [7, 11) is 0. The first-order valence-corrected chi connectivity index (χ1v) is 6.68. The molecule has 1 aliphatic rings. The molecule has 0 unspecified atom stereocenters. The number of aliphatic hydroxyl groups is 1. The SMILES string of the molecule is O=C(Nc1cccc(F)c1F)C(=O)N1CCC(CO)CC1. The third-order valence-electron chi connectivity index (χ3n) is 3.55. The van der Waals surface area contributed by atoms with Crippen LogP contribution in [0, 0.1) is 17.6 Å². The maximum Gasteiger partial charge on any atom is 0.313 e. The van der Waals surface area contributed by atoms with Gasteiger partial charge in [0.25, 0.3) is 0 Å². The van der Waals surface area contributed by atoms with Crippen molar-refractivity contribution in [1.29, 1.82) is 0 Å². The number of benzene rings is 1. The summed E-state index contributed by atoms with van der Waals surface area (Å²) < 4.78 is 26.4. The van der Waals surface area contributed by atoms with E-state index in [1.807, 2.05) is 0 Å². The summed E-state index contributed by atoms with van der Waals surface area (Å²) in [5.41, 5.74) is -0.362. The zero-order chi connectivity index (χ0) is 15.4. The second-order valence-electron chi connectivity index (χ2n) is 4.97. The number of carbonyl (C=O) groups excluding carboxylic acids is 2. The average Bonchev–Trinajstić information content (AvgIpc) is 2.51. The third kappa shape index (κ3) is 3.55. The van der Waals surface area contributed by atoms with Crippen LogP contribution in [-0.2, 0) is 9.59 Å². The fourth-order valence-electron chi connectivity index (χ4n) is 2.24. The number of hydrogen-bond acceptors (Lipinski definition) is 3. The molecule has 1 saturated heterocycles. The standard InChI is InChI=1S/C14H16F2N2O3/c15-10-2-1-3-11(12(10)16)17-13(20)14(21)18-6-4-9(8-19)5-7-18/h1-3,9,19H,4-8H2,(H,17,20). The van der Waals surface area contributed by atoms with Gasteiger partial charge in [-0.3, -0.25) is 9.59 Å². The molecule has 1 aromatic rings. The van der Waals surface area contributed by atoms with E-state index in [1.165, 1.54) is 17.0 Å². The molecule has 7 heteroatoms. The van der Waals surface area contributed by atoms with Gasteiger partial charge in [-0.05, 0) is 30.9 Å². The summed E-state index contributed by atoms with van der Waals surface area (Å²) in [5, 5.41) is 11.1. The van der Waals surface area contributed by atoms with Crippen LogP contribution in [0.4, 0.5) is 14.5 Å². The minimum Gasteiger partial charge on any atom is -0.396 e. The van der Waals surface area contributed by atoms with Crippen LogP contribution in [0.3, 0.4) is 0 Å². The highest BCUT2D eigenvalue weighted by molar-refractivity contribution is 6.39. The maximum atomic E-state index is 13.4. The van der Waals surface area contributed by atoms with E-state index in [0.717, 1.165) is 6.07 Å². The molecule has 5 nitrogen and oxygen atoms in total. The quantitative estimate of drug-likeness (QED) is 0.804. The number of piperidine rings is 1. The van der Waals surface area contributed by atoms with Crippen molar-refractivity contribution < 1.29 is 23.5 Å². The first kappa shape index (κ1) is 15.4. The van der Waals surface area contributed by atoms with Crippen LogP contribution in [-0.4, -0.2) is 41.5 Å². The number of likely N-dealkylation sites (tertiary alicyclic amines) is 1. The van der Waals surface area contributed by atoms with Crippen molar-refractivity contribution >= 4 is 17.5 Å². The summed E-state index contributed by atoms with van der Waals surface area (Å²) in [6.45, 7) is 0.787. The van der Waals surface area contributed by atoms with Crippen molar-refractivity contribution in [2.75, 3.05) is 25.0 Å². The molecule has 1 aromatic carbocycles. The zero-order valence-electron chi connectivity index (χ0n) is 11.3. The van der Waals surface area contributed by atoms with E-state index in [2.05, 4.69) is 5.32 Å². The van der Waals surface area contributed by atoms with Crippen molar-refractivity contribution in [1.82, 2.24) is 4.90 Å². The molecule has 1 aliphatic heterocycles. The van der Waals surface area contributed by atoms with Gasteiger partial charge in [-0.25, -0.2) is 8.78 Å². The Hall–Kier alpha value is -2.02. The molecule has 0 aliphatic carbocycles. The molecule has 1 fully saturated rings. The highest BCUT2D eigenvalue weighted by Crippen LogP contribution is 2.18. The lowest BCUT2D eigenvalue weighted by atomic mass is 9.98. The predicted octanol–water partition coefficient (Wildman–Crippen LogP) is 1.13. The largest absolute Gasteiger partial charge is 0.396 e. The van der Waals surface area contributed by atoms with Gasteiger partial charge in [-0.1, -0.05) is 6.07 Å². The molecular weight excluding hydrogens is 282 g/mol. The van der Waals surface area contributed by atoms with E-state index < -0.39 is 23.4 Å². The molecule has 0 aromatic heterocycles. The summed E-state index contributed by atoms with van der Waals surface area (Å²) in [6.07, 6.45) is 1.23. The summed E-state index contributed by atoms with van der Waals surface area (Å²) >= 11 is 0. The van der Waals surface area contributed by atoms with Crippen LogP contribution < -0.4 is 5.32 Å². The van der Waals surface area contributed by atoms with Gasteiger partial charge in [-0.2, -0.15) is 0 Å².